The van der Waals surface area contributed by atoms with Crippen molar-refractivity contribution in [1.82, 2.24) is 9.62 Å². The van der Waals surface area contributed by atoms with Gasteiger partial charge in [0.15, 0.2) is 0 Å². The molecular weight excluding hydrogens is 300 g/mol. The highest BCUT2D eigenvalue weighted by Crippen LogP contribution is 2.39. The van der Waals surface area contributed by atoms with Crippen molar-refractivity contribution in [3.8, 4) is 0 Å². The van der Waals surface area contributed by atoms with Crippen LogP contribution in [0, 0.1) is 0 Å². The summed E-state index contributed by atoms with van der Waals surface area (Å²) in [6.07, 6.45) is 10.2. The minimum Gasteiger partial charge on any atom is -0.369 e. The van der Waals surface area contributed by atoms with E-state index in [0.29, 0.717) is 6.54 Å². The van der Waals surface area contributed by atoms with Crippen LogP contribution in [0.5, 0.6) is 0 Å². The molecule has 2 aliphatic heterocycles. The van der Waals surface area contributed by atoms with Gasteiger partial charge in [0.05, 0.1) is 17.0 Å². The fourth-order valence-corrected chi connectivity index (χ4v) is 5.62. The summed E-state index contributed by atoms with van der Waals surface area (Å²) in [5.74, 6) is 0. The minimum atomic E-state index is -3.08. The summed E-state index contributed by atoms with van der Waals surface area (Å²) in [7, 11) is -3.08. The van der Waals surface area contributed by atoms with Crippen molar-refractivity contribution < 1.29 is 13.2 Å². The Bertz CT molecular complexity index is 515. The molecule has 1 spiro atoms. The number of sulfonamides is 1. The van der Waals surface area contributed by atoms with Gasteiger partial charge in [-0.05, 0) is 51.4 Å². The van der Waals surface area contributed by atoms with Crippen molar-refractivity contribution in [2.75, 3.05) is 19.6 Å². The van der Waals surface area contributed by atoms with Gasteiger partial charge < -0.3 is 4.74 Å². The van der Waals surface area contributed by atoms with Gasteiger partial charge in [0, 0.05) is 25.7 Å². The lowest BCUT2D eigenvalue weighted by molar-refractivity contribution is -0.120. The van der Waals surface area contributed by atoms with E-state index in [1.807, 2.05) is 0 Å². The zero-order chi connectivity index (χ0) is 15.2. The monoisotopic (exact) mass is 328 g/mol. The second-order valence-corrected chi connectivity index (χ2v) is 9.76. The van der Waals surface area contributed by atoms with E-state index < -0.39 is 10.0 Å². The molecule has 2 saturated carbocycles. The third-order valence-corrected chi connectivity index (χ3v) is 7.91. The van der Waals surface area contributed by atoms with Gasteiger partial charge in [0.25, 0.3) is 0 Å². The number of hydrogen-bond donors (Lipinski definition) is 1. The molecule has 2 heterocycles. The summed E-state index contributed by atoms with van der Waals surface area (Å²) in [5.41, 5.74) is 0.00350. The van der Waals surface area contributed by atoms with Gasteiger partial charge in [-0.3, -0.25) is 4.90 Å². The first-order valence-corrected chi connectivity index (χ1v) is 10.5. The average molecular weight is 328 g/mol. The molecule has 0 aromatic rings. The lowest BCUT2D eigenvalue weighted by atomic mass is 9.89. The molecule has 0 amide bonds. The van der Waals surface area contributed by atoms with E-state index in [1.54, 1.807) is 0 Å². The van der Waals surface area contributed by atoms with Gasteiger partial charge >= 0.3 is 0 Å². The van der Waals surface area contributed by atoms with Gasteiger partial charge in [-0.1, -0.05) is 6.42 Å². The highest BCUT2D eigenvalue weighted by molar-refractivity contribution is 7.90. The molecule has 22 heavy (non-hydrogen) atoms. The molecule has 4 fully saturated rings. The van der Waals surface area contributed by atoms with E-state index in [9.17, 15) is 8.42 Å². The Morgan fingerprint density at radius 1 is 1.09 bits per heavy atom. The van der Waals surface area contributed by atoms with Crippen LogP contribution >= 0.6 is 0 Å². The summed E-state index contributed by atoms with van der Waals surface area (Å²) >= 11 is 0. The average Bonchev–Trinajstić information content (AvgIpc) is 3.22. The third kappa shape index (κ3) is 3.07. The maximum absolute atomic E-state index is 12.0. The Kier molecular flexibility index (Phi) is 4.00. The number of likely N-dealkylation sites (tertiary alicyclic amines) is 1. The topological polar surface area (TPSA) is 58.6 Å². The van der Waals surface area contributed by atoms with E-state index in [2.05, 4.69) is 9.62 Å². The van der Waals surface area contributed by atoms with Crippen LogP contribution in [0.1, 0.15) is 57.8 Å². The molecule has 2 saturated heterocycles. The molecule has 4 rings (SSSR count). The van der Waals surface area contributed by atoms with E-state index in [0.717, 1.165) is 57.7 Å². The predicted molar refractivity (Wildman–Crippen MR) is 85.2 cm³/mol. The standard InChI is InChI=1S/C16H28N2O3S/c19-22(20,15-6-7-15)17-11-14-5-2-8-16(21-14)9-10-18(12-16)13-3-1-4-13/h13-15,17H,1-12H2/t14-,16+/m0/s1. The highest BCUT2D eigenvalue weighted by atomic mass is 32.2. The summed E-state index contributed by atoms with van der Waals surface area (Å²) in [5, 5.41) is -0.134. The number of ether oxygens (including phenoxy) is 1. The van der Waals surface area contributed by atoms with Crippen LogP contribution in [0.4, 0.5) is 0 Å². The molecule has 0 aromatic carbocycles. The van der Waals surface area contributed by atoms with Gasteiger partial charge in [-0.25, -0.2) is 13.1 Å². The lowest BCUT2D eigenvalue weighted by Gasteiger charge is -2.41. The summed E-state index contributed by atoms with van der Waals surface area (Å²) in [6.45, 7) is 2.68. The molecule has 126 valence electrons. The Labute approximate surface area is 133 Å². The smallest absolute Gasteiger partial charge is 0.214 e. The number of nitrogens with one attached hydrogen (secondary N) is 1. The molecule has 4 aliphatic rings. The molecule has 2 atom stereocenters. The van der Waals surface area contributed by atoms with Crippen LogP contribution in [0.3, 0.4) is 0 Å². The molecule has 6 heteroatoms. The van der Waals surface area contributed by atoms with Crippen LogP contribution in [0.2, 0.25) is 0 Å². The number of hydrogen-bond acceptors (Lipinski definition) is 4. The Morgan fingerprint density at radius 3 is 2.59 bits per heavy atom. The zero-order valence-corrected chi connectivity index (χ0v) is 14.1. The highest BCUT2D eigenvalue weighted by Gasteiger charge is 2.45. The van der Waals surface area contributed by atoms with E-state index in [1.165, 1.54) is 19.3 Å². The molecule has 5 nitrogen and oxygen atoms in total. The van der Waals surface area contributed by atoms with Crippen molar-refractivity contribution in [3.63, 3.8) is 0 Å². The van der Waals surface area contributed by atoms with Crippen molar-refractivity contribution in [2.45, 2.75) is 80.8 Å². The van der Waals surface area contributed by atoms with E-state index in [4.69, 9.17) is 4.74 Å². The van der Waals surface area contributed by atoms with Crippen LogP contribution in [-0.2, 0) is 14.8 Å². The first-order chi connectivity index (χ1) is 10.6. The van der Waals surface area contributed by atoms with Crippen molar-refractivity contribution in [2.24, 2.45) is 0 Å². The first kappa shape index (κ1) is 15.4. The molecule has 0 aromatic heterocycles. The lowest BCUT2D eigenvalue weighted by Crippen LogP contribution is -2.48. The Balaban J connectivity index is 1.31. The van der Waals surface area contributed by atoms with Crippen LogP contribution in [0.25, 0.3) is 0 Å². The first-order valence-electron chi connectivity index (χ1n) is 8.97. The fourth-order valence-electron chi connectivity index (χ4n) is 4.21. The van der Waals surface area contributed by atoms with Crippen molar-refractivity contribution in [3.05, 3.63) is 0 Å². The molecule has 0 unspecified atom stereocenters. The summed E-state index contributed by atoms with van der Waals surface area (Å²) in [4.78, 5) is 2.61. The summed E-state index contributed by atoms with van der Waals surface area (Å²) < 4.78 is 33.1. The van der Waals surface area contributed by atoms with Crippen molar-refractivity contribution in [1.29, 1.82) is 0 Å². The van der Waals surface area contributed by atoms with Gasteiger partial charge in [-0.15, -0.1) is 0 Å². The number of rotatable bonds is 5. The SMILES string of the molecule is O=S(=O)(NC[C@@H]1CCC[C@]2(CCN(C3CCC3)C2)O1)C1CC1. The second-order valence-electron chi connectivity index (χ2n) is 7.71. The normalized spacial score (nSPS) is 37.5. The predicted octanol–water partition coefficient (Wildman–Crippen LogP) is 1.63. The van der Waals surface area contributed by atoms with E-state index in [-0.39, 0.29) is 17.0 Å². The molecule has 2 aliphatic carbocycles. The third-order valence-electron chi connectivity index (χ3n) is 5.99. The zero-order valence-electron chi connectivity index (χ0n) is 13.3. The second kappa shape index (κ2) is 5.72. The minimum absolute atomic E-state index is 0.00350. The quantitative estimate of drug-likeness (QED) is 0.833. The maximum Gasteiger partial charge on any atom is 0.214 e. The fraction of sp³-hybridized carbons (Fsp3) is 1.00. The number of nitrogens with zero attached hydrogens (tertiary/aromatic N) is 1. The van der Waals surface area contributed by atoms with Gasteiger partial charge in [0.2, 0.25) is 10.0 Å². The van der Waals surface area contributed by atoms with Crippen molar-refractivity contribution >= 4 is 10.0 Å². The largest absolute Gasteiger partial charge is 0.369 e. The van der Waals surface area contributed by atoms with Gasteiger partial charge in [-0.2, -0.15) is 0 Å². The maximum atomic E-state index is 12.0. The van der Waals surface area contributed by atoms with Gasteiger partial charge in [0.1, 0.15) is 0 Å². The van der Waals surface area contributed by atoms with Crippen LogP contribution in [0.15, 0.2) is 0 Å². The Hall–Kier alpha value is -0.170. The molecule has 0 bridgehead atoms. The van der Waals surface area contributed by atoms with Crippen LogP contribution < -0.4 is 4.72 Å². The molecule has 1 N–H and O–H groups in total. The molecule has 0 radical (unpaired) electrons. The summed E-state index contributed by atoms with van der Waals surface area (Å²) in [6, 6.07) is 0.789. The Morgan fingerprint density at radius 2 is 1.91 bits per heavy atom. The molecular formula is C16H28N2O3S. The van der Waals surface area contributed by atoms with Crippen LogP contribution in [-0.4, -0.2) is 55.9 Å². The van der Waals surface area contributed by atoms with E-state index >= 15 is 0 Å².